The molecule has 106 valence electrons. The van der Waals surface area contributed by atoms with Crippen molar-refractivity contribution in [3.05, 3.63) is 48.7 Å². The highest BCUT2D eigenvalue weighted by Crippen LogP contribution is 2.39. The largest absolute Gasteiger partial charge is 0.496 e. The summed E-state index contributed by atoms with van der Waals surface area (Å²) in [5.41, 5.74) is 9.53. The molecule has 0 saturated carbocycles. The third kappa shape index (κ3) is 2.14. The minimum absolute atomic E-state index is 0.710. The van der Waals surface area contributed by atoms with Gasteiger partial charge in [0.05, 0.1) is 19.6 Å². The number of aromatic nitrogens is 1. The van der Waals surface area contributed by atoms with Gasteiger partial charge in [-0.25, -0.2) is 0 Å². The Morgan fingerprint density at radius 3 is 2.29 bits per heavy atom. The first-order valence-corrected chi connectivity index (χ1v) is 6.61. The zero-order chi connectivity index (χ0) is 14.8. The van der Waals surface area contributed by atoms with Crippen LogP contribution in [0.5, 0.6) is 11.5 Å². The molecule has 0 fully saturated rings. The van der Waals surface area contributed by atoms with Crippen LogP contribution in [0.3, 0.4) is 0 Å². The summed E-state index contributed by atoms with van der Waals surface area (Å²) < 4.78 is 10.9. The second-order valence-electron chi connectivity index (χ2n) is 4.64. The van der Waals surface area contributed by atoms with Crippen molar-refractivity contribution < 1.29 is 9.47 Å². The molecule has 0 unspecified atom stereocenters. The molecule has 3 aromatic rings. The number of fused-ring (bicyclic) bond motifs is 1. The smallest absolute Gasteiger partial charge is 0.145 e. The molecule has 0 aliphatic carbocycles. The Labute approximate surface area is 123 Å². The van der Waals surface area contributed by atoms with Crippen LogP contribution in [0.2, 0.25) is 0 Å². The van der Waals surface area contributed by atoms with E-state index in [4.69, 9.17) is 15.2 Å². The number of methoxy groups -OCH3 is 2. The van der Waals surface area contributed by atoms with Gasteiger partial charge in [-0.2, -0.15) is 0 Å². The summed E-state index contributed by atoms with van der Waals surface area (Å²) in [4.78, 5) is 4.43. The second-order valence-corrected chi connectivity index (χ2v) is 4.64. The number of hydrogen-bond donors (Lipinski definition) is 1. The summed E-state index contributed by atoms with van der Waals surface area (Å²) in [7, 11) is 3.28. The van der Waals surface area contributed by atoms with Crippen molar-refractivity contribution in [1.82, 2.24) is 4.98 Å². The van der Waals surface area contributed by atoms with Crippen LogP contribution < -0.4 is 15.2 Å². The van der Waals surface area contributed by atoms with Gasteiger partial charge in [0.1, 0.15) is 17.0 Å². The molecule has 0 amide bonds. The van der Waals surface area contributed by atoms with E-state index in [1.165, 1.54) is 0 Å². The number of nitrogen functional groups attached to an aromatic ring is 1. The highest BCUT2D eigenvalue weighted by atomic mass is 16.5. The van der Waals surface area contributed by atoms with E-state index < -0.39 is 0 Å². The number of para-hydroxylation sites is 1. The molecule has 3 rings (SSSR count). The van der Waals surface area contributed by atoms with Crippen molar-refractivity contribution in [2.75, 3.05) is 20.0 Å². The Morgan fingerprint density at radius 1 is 0.857 bits per heavy atom. The van der Waals surface area contributed by atoms with E-state index in [-0.39, 0.29) is 0 Å². The molecule has 0 bridgehead atoms. The van der Waals surface area contributed by atoms with Gasteiger partial charge in [0.2, 0.25) is 0 Å². The van der Waals surface area contributed by atoms with Crippen LogP contribution >= 0.6 is 0 Å². The predicted octanol–water partition coefficient (Wildman–Crippen LogP) is 3.50. The quantitative estimate of drug-likeness (QED) is 0.746. The van der Waals surface area contributed by atoms with Crippen molar-refractivity contribution in [3.8, 4) is 22.6 Å². The molecule has 4 heteroatoms. The first-order valence-electron chi connectivity index (χ1n) is 6.61. The van der Waals surface area contributed by atoms with Crippen LogP contribution in [0.1, 0.15) is 0 Å². The molecule has 1 heterocycles. The molecule has 1 aromatic heterocycles. The Kier molecular flexibility index (Phi) is 3.36. The van der Waals surface area contributed by atoms with E-state index in [1.807, 2.05) is 42.5 Å². The first kappa shape index (κ1) is 13.2. The van der Waals surface area contributed by atoms with E-state index in [2.05, 4.69) is 4.98 Å². The number of nitrogens with two attached hydrogens (primary N) is 1. The Balaban J connectivity index is 2.41. The fourth-order valence-electron chi connectivity index (χ4n) is 2.51. The molecule has 0 radical (unpaired) electrons. The summed E-state index contributed by atoms with van der Waals surface area (Å²) >= 11 is 0. The van der Waals surface area contributed by atoms with Crippen molar-refractivity contribution in [2.24, 2.45) is 0 Å². The van der Waals surface area contributed by atoms with Crippen LogP contribution in [-0.4, -0.2) is 19.2 Å². The first-order chi connectivity index (χ1) is 10.3. The molecular weight excluding hydrogens is 264 g/mol. The summed E-state index contributed by atoms with van der Waals surface area (Å²) in [5.74, 6) is 1.46. The lowest BCUT2D eigenvalue weighted by Crippen LogP contribution is -1.95. The number of benzene rings is 2. The Morgan fingerprint density at radius 2 is 1.57 bits per heavy atom. The maximum atomic E-state index is 6.11. The average Bonchev–Trinajstić information content (AvgIpc) is 2.53. The SMILES string of the molecule is COc1ccc(OC)c2c(-c3ccccc3N)ccnc12. The average molecular weight is 280 g/mol. The molecule has 2 aromatic carbocycles. The highest BCUT2D eigenvalue weighted by molar-refractivity contribution is 6.03. The summed E-state index contributed by atoms with van der Waals surface area (Å²) in [5, 5.41) is 0.900. The van der Waals surface area contributed by atoms with Gasteiger partial charge in [0.25, 0.3) is 0 Å². The molecule has 0 spiro atoms. The van der Waals surface area contributed by atoms with Crippen molar-refractivity contribution >= 4 is 16.6 Å². The molecular formula is C17H16N2O2. The second kappa shape index (κ2) is 5.32. The number of nitrogens with zero attached hydrogens (tertiary/aromatic N) is 1. The normalized spacial score (nSPS) is 10.6. The van der Waals surface area contributed by atoms with Crippen LogP contribution in [0, 0.1) is 0 Å². The van der Waals surface area contributed by atoms with Crippen molar-refractivity contribution in [2.45, 2.75) is 0 Å². The molecule has 21 heavy (non-hydrogen) atoms. The minimum Gasteiger partial charge on any atom is -0.496 e. The van der Waals surface area contributed by atoms with E-state index in [9.17, 15) is 0 Å². The number of rotatable bonds is 3. The van der Waals surface area contributed by atoms with Gasteiger partial charge in [-0.05, 0) is 29.8 Å². The lowest BCUT2D eigenvalue weighted by atomic mass is 9.99. The zero-order valence-corrected chi connectivity index (χ0v) is 12.0. The van der Waals surface area contributed by atoms with Crippen molar-refractivity contribution in [1.29, 1.82) is 0 Å². The van der Waals surface area contributed by atoms with Crippen LogP contribution in [-0.2, 0) is 0 Å². The number of ether oxygens (including phenoxy) is 2. The summed E-state index contributed by atoms with van der Waals surface area (Å²) in [6.45, 7) is 0. The lowest BCUT2D eigenvalue weighted by molar-refractivity contribution is 0.410. The Bertz CT molecular complexity index is 800. The number of anilines is 1. The van der Waals surface area contributed by atoms with Crippen LogP contribution in [0.4, 0.5) is 5.69 Å². The fourth-order valence-corrected chi connectivity index (χ4v) is 2.51. The highest BCUT2D eigenvalue weighted by Gasteiger charge is 2.14. The standard InChI is InChI=1S/C17H16N2O2/c1-20-14-7-8-15(21-2)17-16(14)12(9-10-19-17)11-5-3-4-6-13(11)18/h3-10H,18H2,1-2H3. The van der Waals surface area contributed by atoms with Crippen LogP contribution in [0.15, 0.2) is 48.7 Å². The molecule has 0 saturated heterocycles. The van der Waals surface area contributed by atoms with Gasteiger partial charge in [-0.1, -0.05) is 18.2 Å². The fraction of sp³-hybridized carbons (Fsp3) is 0.118. The van der Waals surface area contributed by atoms with Gasteiger partial charge in [-0.15, -0.1) is 0 Å². The number of hydrogen-bond acceptors (Lipinski definition) is 4. The van der Waals surface area contributed by atoms with Gasteiger partial charge >= 0.3 is 0 Å². The van der Waals surface area contributed by atoms with E-state index in [0.29, 0.717) is 5.75 Å². The summed E-state index contributed by atoms with van der Waals surface area (Å²) in [6.07, 6.45) is 1.76. The number of pyridine rings is 1. The van der Waals surface area contributed by atoms with E-state index in [1.54, 1.807) is 20.4 Å². The van der Waals surface area contributed by atoms with Gasteiger partial charge in [-0.3, -0.25) is 4.98 Å². The summed E-state index contributed by atoms with van der Waals surface area (Å²) in [6, 6.07) is 13.4. The maximum absolute atomic E-state index is 6.11. The lowest BCUT2D eigenvalue weighted by Gasteiger charge is -2.14. The van der Waals surface area contributed by atoms with Gasteiger partial charge in [0.15, 0.2) is 0 Å². The third-order valence-electron chi connectivity index (χ3n) is 3.51. The molecule has 0 aliphatic rings. The maximum Gasteiger partial charge on any atom is 0.145 e. The Hall–Kier alpha value is -2.75. The van der Waals surface area contributed by atoms with Gasteiger partial charge < -0.3 is 15.2 Å². The van der Waals surface area contributed by atoms with E-state index in [0.717, 1.165) is 33.5 Å². The monoisotopic (exact) mass is 280 g/mol. The zero-order valence-electron chi connectivity index (χ0n) is 12.0. The molecule has 4 nitrogen and oxygen atoms in total. The topological polar surface area (TPSA) is 57.4 Å². The predicted molar refractivity (Wildman–Crippen MR) is 84.7 cm³/mol. The third-order valence-corrected chi connectivity index (χ3v) is 3.51. The van der Waals surface area contributed by atoms with Crippen molar-refractivity contribution in [3.63, 3.8) is 0 Å². The van der Waals surface area contributed by atoms with Crippen LogP contribution in [0.25, 0.3) is 22.0 Å². The molecule has 0 atom stereocenters. The molecule has 0 aliphatic heterocycles. The van der Waals surface area contributed by atoms with Gasteiger partial charge in [0, 0.05) is 17.4 Å². The molecule has 2 N–H and O–H groups in total. The minimum atomic E-state index is 0.710. The van der Waals surface area contributed by atoms with E-state index >= 15 is 0 Å².